The Kier molecular flexibility index (Phi) is 3.91. The van der Waals surface area contributed by atoms with Crippen molar-refractivity contribution in [2.45, 2.75) is 43.9 Å². The zero-order chi connectivity index (χ0) is 12.4. The number of piperidine rings is 1. The Labute approximate surface area is 115 Å². The summed E-state index contributed by atoms with van der Waals surface area (Å²) in [4.78, 5) is 2.52. The van der Waals surface area contributed by atoms with E-state index in [9.17, 15) is 0 Å². The van der Waals surface area contributed by atoms with Crippen LogP contribution in [0.25, 0.3) is 0 Å². The summed E-state index contributed by atoms with van der Waals surface area (Å²) in [6.45, 7) is 3.47. The van der Waals surface area contributed by atoms with Crippen molar-refractivity contribution in [1.29, 1.82) is 0 Å². The molecule has 3 rings (SSSR count). The molecule has 2 heteroatoms. The van der Waals surface area contributed by atoms with Crippen LogP contribution in [-0.2, 0) is 12.8 Å². The van der Waals surface area contributed by atoms with E-state index in [1.54, 1.807) is 5.56 Å². The van der Waals surface area contributed by atoms with Gasteiger partial charge in [0.15, 0.2) is 0 Å². The molecule has 0 saturated carbocycles. The maximum Gasteiger partial charge on any atom is 0.0712 e. The number of hydrogen-bond acceptors (Lipinski definition) is 1. The first-order valence-corrected chi connectivity index (χ1v) is 7.75. The lowest BCUT2D eigenvalue weighted by Crippen LogP contribution is -2.32. The van der Waals surface area contributed by atoms with Gasteiger partial charge >= 0.3 is 0 Å². The molecule has 18 heavy (non-hydrogen) atoms. The van der Waals surface area contributed by atoms with Gasteiger partial charge < -0.3 is 4.90 Å². The van der Waals surface area contributed by atoms with Crippen LogP contribution in [0.4, 0.5) is 0 Å². The smallest absolute Gasteiger partial charge is 0.0712 e. The van der Waals surface area contributed by atoms with Gasteiger partial charge in [0.1, 0.15) is 0 Å². The summed E-state index contributed by atoms with van der Waals surface area (Å²) in [5.41, 5.74) is 4.40. The maximum atomic E-state index is 6.60. The average molecular weight is 264 g/mol. The fourth-order valence-corrected chi connectivity index (χ4v) is 3.59. The van der Waals surface area contributed by atoms with E-state index in [2.05, 4.69) is 23.1 Å². The maximum absolute atomic E-state index is 6.60. The van der Waals surface area contributed by atoms with Crippen molar-refractivity contribution in [3.05, 3.63) is 34.9 Å². The molecule has 2 aliphatic rings. The number of hydrogen-bond donors (Lipinski definition) is 0. The van der Waals surface area contributed by atoms with Gasteiger partial charge in [-0.15, -0.1) is 11.6 Å². The number of alkyl halides is 1. The Morgan fingerprint density at radius 2 is 1.78 bits per heavy atom. The van der Waals surface area contributed by atoms with E-state index in [0.29, 0.717) is 0 Å². The quantitative estimate of drug-likeness (QED) is 0.747. The molecule has 1 nitrogen and oxygen atoms in total. The lowest BCUT2D eigenvalue weighted by Gasteiger charge is -2.28. The zero-order valence-electron chi connectivity index (χ0n) is 11.0. The van der Waals surface area contributed by atoms with Crippen molar-refractivity contribution in [3.8, 4) is 0 Å². The molecule has 1 atom stereocenters. The van der Waals surface area contributed by atoms with Gasteiger partial charge in [-0.2, -0.15) is 0 Å². The lowest BCUT2D eigenvalue weighted by molar-refractivity contribution is 0.229. The highest BCUT2D eigenvalue weighted by atomic mass is 35.5. The van der Waals surface area contributed by atoms with E-state index < -0.39 is 0 Å². The topological polar surface area (TPSA) is 3.24 Å². The van der Waals surface area contributed by atoms with E-state index in [4.69, 9.17) is 11.6 Å². The molecule has 1 unspecified atom stereocenters. The molecule has 1 fully saturated rings. The Morgan fingerprint density at radius 3 is 2.61 bits per heavy atom. The second-order valence-electron chi connectivity index (χ2n) is 5.71. The van der Waals surface area contributed by atoms with Crippen LogP contribution in [-0.4, -0.2) is 24.5 Å². The van der Waals surface area contributed by atoms with E-state index in [1.165, 1.54) is 62.7 Å². The molecule has 0 N–H and O–H groups in total. The van der Waals surface area contributed by atoms with Gasteiger partial charge in [-0.1, -0.05) is 24.6 Å². The standard InChI is InChI=1S/C16H22ClN/c17-16(12-18-9-2-1-3-10-18)15-8-7-13-5-4-6-14(13)11-15/h7-8,11,16H,1-6,9-10,12H2. The largest absolute Gasteiger partial charge is 0.302 e. The summed E-state index contributed by atoms with van der Waals surface area (Å²) in [5, 5.41) is 0.161. The van der Waals surface area contributed by atoms with Crippen molar-refractivity contribution < 1.29 is 0 Å². The minimum Gasteiger partial charge on any atom is -0.302 e. The normalized spacial score (nSPS) is 21.8. The minimum absolute atomic E-state index is 0.161. The molecule has 1 aromatic carbocycles. The van der Waals surface area contributed by atoms with Gasteiger partial charge in [0, 0.05) is 6.54 Å². The number of fused-ring (bicyclic) bond motifs is 1. The predicted molar refractivity (Wildman–Crippen MR) is 77.4 cm³/mol. The van der Waals surface area contributed by atoms with Crippen LogP contribution in [0.5, 0.6) is 0 Å². The molecule has 1 aliphatic carbocycles. The second kappa shape index (κ2) is 5.63. The van der Waals surface area contributed by atoms with E-state index in [-0.39, 0.29) is 5.38 Å². The Hall–Kier alpha value is -0.530. The molecule has 0 radical (unpaired) electrons. The molecule has 1 aliphatic heterocycles. The third kappa shape index (κ3) is 2.73. The van der Waals surface area contributed by atoms with Gasteiger partial charge in [0.2, 0.25) is 0 Å². The van der Waals surface area contributed by atoms with Gasteiger partial charge in [-0.25, -0.2) is 0 Å². The number of halogens is 1. The van der Waals surface area contributed by atoms with Gasteiger partial charge in [0.05, 0.1) is 5.38 Å². The molecule has 1 aromatic rings. The molecule has 0 aromatic heterocycles. The number of benzene rings is 1. The average Bonchev–Trinajstić information content (AvgIpc) is 2.87. The first kappa shape index (κ1) is 12.5. The Bertz CT molecular complexity index is 410. The van der Waals surface area contributed by atoms with Crippen molar-refractivity contribution in [2.75, 3.05) is 19.6 Å². The summed E-state index contributed by atoms with van der Waals surface area (Å²) in [6, 6.07) is 6.89. The Morgan fingerprint density at radius 1 is 1.00 bits per heavy atom. The summed E-state index contributed by atoms with van der Waals surface area (Å²) in [6.07, 6.45) is 7.90. The number of likely N-dealkylation sites (tertiary alicyclic amines) is 1. The Balaban J connectivity index is 1.66. The summed E-state index contributed by atoms with van der Waals surface area (Å²) >= 11 is 6.60. The third-order valence-corrected chi connectivity index (χ3v) is 4.74. The van der Waals surface area contributed by atoms with E-state index in [0.717, 1.165) is 6.54 Å². The third-order valence-electron chi connectivity index (χ3n) is 4.35. The molecule has 0 spiro atoms. The highest BCUT2D eigenvalue weighted by Gasteiger charge is 2.18. The molecule has 1 heterocycles. The number of nitrogens with zero attached hydrogens (tertiary/aromatic N) is 1. The predicted octanol–water partition coefficient (Wildman–Crippen LogP) is 3.94. The first-order chi connectivity index (χ1) is 8.83. The van der Waals surface area contributed by atoms with E-state index in [1.807, 2.05) is 0 Å². The second-order valence-corrected chi connectivity index (χ2v) is 6.24. The molecule has 98 valence electrons. The van der Waals surface area contributed by atoms with E-state index >= 15 is 0 Å². The van der Waals surface area contributed by atoms with Crippen LogP contribution in [0, 0.1) is 0 Å². The fourth-order valence-electron chi connectivity index (χ4n) is 3.26. The first-order valence-electron chi connectivity index (χ1n) is 7.31. The minimum atomic E-state index is 0.161. The monoisotopic (exact) mass is 263 g/mol. The van der Waals surface area contributed by atoms with Crippen LogP contribution < -0.4 is 0 Å². The van der Waals surface area contributed by atoms with Crippen molar-refractivity contribution >= 4 is 11.6 Å². The van der Waals surface area contributed by atoms with Crippen LogP contribution in [0.3, 0.4) is 0 Å². The zero-order valence-corrected chi connectivity index (χ0v) is 11.8. The van der Waals surface area contributed by atoms with Crippen molar-refractivity contribution in [3.63, 3.8) is 0 Å². The molecular formula is C16H22ClN. The van der Waals surface area contributed by atoms with Crippen LogP contribution in [0.2, 0.25) is 0 Å². The van der Waals surface area contributed by atoms with Crippen LogP contribution >= 0.6 is 11.6 Å². The molecular weight excluding hydrogens is 242 g/mol. The van der Waals surface area contributed by atoms with Crippen LogP contribution in [0.15, 0.2) is 18.2 Å². The van der Waals surface area contributed by atoms with Gasteiger partial charge in [-0.3, -0.25) is 0 Å². The fraction of sp³-hybridized carbons (Fsp3) is 0.625. The summed E-state index contributed by atoms with van der Waals surface area (Å²) in [5.74, 6) is 0. The van der Waals surface area contributed by atoms with Gasteiger partial charge in [0.25, 0.3) is 0 Å². The number of aryl methyl sites for hydroxylation is 2. The SMILES string of the molecule is ClC(CN1CCCCC1)c1ccc2c(c1)CCC2. The highest BCUT2D eigenvalue weighted by Crippen LogP contribution is 2.29. The summed E-state index contributed by atoms with van der Waals surface area (Å²) < 4.78 is 0. The summed E-state index contributed by atoms with van der Waals surface area (Å²) in [7, 11) is 0. The van der Waals surface area contributed by atoms with Gasteiger partial charge in [-0.05, 0) is 61.9 Å². The van der Waals surface area contributed by atoms with Crippen molar-refractivity contribution in [2.24, 2.45) is 0 Å². The van der Waals surface area contributed by atoms with Crippen LogP contribution in [0.1, 0.15) is 47.8 Å². The molecule has 0 bridgehead atoms. The lowest BCUT2D eigenvalue weighted by atomic mass is 10.0. The van der Waals surface area contributed by atoms with Crippen molar-refractivity contribution in [1.82, 2.24) is 4.90 Å². The number of rotatable bonds is 3. The molecule has 1 saturated heterocycles. The molecule has 0 amide bonds. The highest BCUT2D eigenvalue weighted by molar-refractivity contribution is 6.21.